The molecular weight excluding hydrogens is 290 g/mol. The zero-order chi connectivity index (χ0) is 17.2. The average molecular weight is 319 g/mol. The summed E-state index contributed by atoms with van der Waals surface area (Å²) >= 11 is 0. The molecule has 0 bridgehead atoms. The number of carbonyl (C=O) groups excluding carboxylic acids is 1. The first-order chi connectivity index (χ1) is 10.7. The second-order valence-electron chi connectivity index (χ2n) is 7.11. The van der Waals surface area contributed by atoms with Crippen molar-refractivity contribution in [3.8, 4) is 0 Å². The highest BCUT2D eigenvalue weighted by Gasteiger charge is 2.40. The van der Waals surface area contributed by atoms with Gasteiger partial charge in [0.05, 0.1) is 12.1 Å². The quantitative estimate of drug-likeness (QED) is 0.677. The summed E-state index contributed by atoms with van der Waals surface area (Å²) in [5.41, 5.74) is 0.980. The molecule has 128 valence electrons. The van der Waals surface area contributed by atoms with E-state index in [4.69, 9.17) is 0 Å². The lowest BCUT2D eigenvalue weighted by atomic mass is 9.96. The van der Waals surface area contributed by atoms with Gasteiger partial charge in [0, 0.05) is 45.6 Å². The van der Waals surface area contributed by atoms with Crippen molar-refractivity contribution < 1.29 is 4.79 Å². The average Bonchev–Trinajstić information content (AvgIpc) is 2.82. The topological polar surface area (TPSA) is 52.9 Å². The van der Waals surface area contributed by atoms with Gasteiger partial charge in [-0.2, -0.15) is 0 Å². The molecule has 0 aromatic carbocycles. The van der Waals surface area contributed by atoms with Crippen molar-refractivity contribution in [1.29, 1.82) is 0 Å². The first kappa shape index (κ1) is 17.4. The molecule has 6 nitrogen and oxygen atoms in total. The molecule has 1 aliphatic rings. The van der Waals surface area contributed by atoms with Crippen LogP contribution in [-0.2, 0) is 18.4 Å². The van der Waals surface area contributed by atoms with E-state index in [9.17, 15) is 4.79 Å². The van der Waals surface area contributed by atoms with Gasteiger partial charge in [-0.05, 0) is 39.3 Å². The summed E-state index contributed by atoms with van der Waals surface area (Å²) in [6.45, 7) is 10.2. The summed E-state index contributed by atoms with van der Waals surface area (Å²) in [7, 11) is 3.77. The lowest BCUT2D eigenvalue weighted by Crippen LogP contribution is -2.66. The molecule has 0 spiro atoms. The molecule has 1 amide bonds. The zero-order valence-corrected chi connectivity index (χ0v) is 15.1. The summed E-state index contributed by atoms with van der Waals surface area (Å²) < 4.78 is 2.02. The number of aromatic nitrogens is 1. The lowest BCUT2D eigenvalue weighted by Gasteiger charge is -2.49. The van der Waals surface area contributed by atoms with Gasteiger partial charge in [0.2, 0.25) is 5.91 Å². The molecule has 1 N–H and O–H groups in total. The van der Waals surface area contributed by atoms with Crippen LogP contribution in [0.4, 0.5) is 0 Å². The van der Waals surface area contributed by atoms with Crippen molar-refractivity contribution in [2.24, 2.45) is 12.0 Å². The van der Waals surface area contributed by atoms with Gasteiger partial charge >= 0.3 is 0 Å². The Morgan fingerprint density at radius 1 is 1.43 bits per heavy atom. The standard InChI is InChI=1S/C17H29N5O/c1-13(2)22-15(23)11-21(12-17(22,3)4)16(18-5)19-9-14-7-8-20(6)10-14/h7-8,10,13H,9,11-12H2,1-6H3,(H,18,19). The fourth-order valence-corrected chi connectivity index (χ4v) is 3.49. The summed E-state index contributed by atoms with van der Waals surface area (Å²) in [5.74, 6) is 0.928. The van der Waals surface area contributed by atoms with E-state index in [1.807, 2.05) is 27.6 Å². The SMILES string of the molecule is CN=C(NCc1ccn(C)c1)N1CC(=O)N(C(C)C)C(C)(C)C1. The maximum atomic E-state index is 12.6. The lowest BCUT2D eigenvalue weighted by molar-refractivity contribution is -0.145. The van der Waals surface area contributed by atoms with E-state index >= 15 is 0 Å². The monoisotopic (exact) mass is 319 g/mol. The van der Waals surface area contributed by atoms with Gasteiger partial charge in [0.15, 0.2) is 5.96 Å². The third-order valence-electron chi connectivity index (χ3n) is 4.20. The number of aryl methyl sites for hydroxylation is 1. The molecule has 1 aromatic rings. The second kappa shape index (κ2) is 6.64. The van der Waals surface area contributed by atoms with E-state index in [1.54, 1.807) is 7.05 Å². The summed E-state index contributed by atoms with van der Waals surface area (Å²) in [6.07, 6.45) is 4.10. The molecular formula is C17H29N5O. The molecule has 0 atom stereocenters. The van der Waals surface area contributed by atoms with Crippen molar-refractivity contribution in [3.63, 3.8) is 0 Å². The number of carbonyl (C=O) groups is 1. The maximum Gasteiger partial charge on any atom is 0.242 e. The highest BCUT2D eigenvalue weighted by Crippen LogP contribution is 2.24. The molecule has 23 heavy (non-hydrogen) atoms. The first-order valence-corrected chi connectivity index (χ1v) is 8.13. The number of hydrogen-bond donors (Lipinski definition) is 1. The van der Waals surface area contributed by atoms with Crippen LogP contribution in [0.5, 0.6) is 0 Å². The summed E-state index contributed by atoms with van der Waals surface area (Å²) in [6, 6.07) is 2.28. The van der Waals surface area contributed by atoms with Crippen LogP contribution in [0, 0.1) is 0 Å². The Labute approximate surface area is 139 Å². The Morgan fingerprint density at radius 3 is 2.61 bits per heavy atom. The first-order valence-electron chi connectivity index (χ1n) is 8.13. The molecule has 2 heterocycles. The Morgan fingerprint density at radius 2 is 2.13 bits per heavy atom. The van der Waals surface area contributed by atoms with Gasteiger partial charge < -0.3 is 19.7 Å². The molecule has 2 rings (SSSR count). The Hall–Kier alpha value is -1.98. The fraction of sp³-hybridized carbons (Fsp3) is 0.647. The summed E-state index contributed by atoms with van der Waals surface area (Å²) in [5, 5.41) is 3.36. The number of rotatable bonds is 3. The zero-order valence-electron chi connectivity index (χ0n) is 15.1. The molecule has 0 unspecified atom stereocenters. The highest BCUT2D eigenvalue weighted by molar-refractivity contribution is 5.88. The normalized spacial score (nSPS) is 18.7. The van der Waals surface area contributed by atoms with Crippen molar-refractivity contribution in [2.75, 3.05) is 20.1 Å². The van der Waals surface area contributed by atoms with Gasteiger partial charge in [0.1, 0.15) is 0 Å². The molecule has 1 aromatic heterocycles. The van der Waals surface area contributed by atoms with Crippen LogP contribution in [-0.4, -0.2) is 58.0 Å². The van der Waals surface area contributed by atoms with Crippen LogP contribution in [0.15, 0.2) is 23.5 Å². The van der Waals surface area contributed by atoms with Crippen LogP contribution < -0.4 is 5.32 Å². The highest BCUT2D eigenvalue weighted by atomic mass is 16.2. The van der Waals surface area contributed by atoms with Crippen LogP contribution in [0.2, 0.25) is 0 Å². The number of hydrogen-bond acceptors (Lipinski definition) is 2. The van der Waals surface area contributed by atoms with Crippen LogP contribution in [0.1, 0.15) is 33.3 Å². The van der Waals surface area contributed by atoms with Crippen LogP contribution in [0.3, 0.4) is 0 Å². The number of nitrogens with zero attached hydrogens (tertiary/aromatic N) is 4. The van der Waals surface area contributed by atoms with Gasteiger partial charge in [0.25, 0.3) is 0 Å². The Bertz CT molecular complexity index is 588. The van der Waals surface area contributed by atoms with Crippen LogP contribution >= 0.6 is 0 Å². The van der Waals surface area contributed by atoms with E-state index in [-0.39, 0.29) is 17.5 Å². The molecule has 1 fully saturated rings. The Balaban J connectivity index is 2.06. The molecule has 0 saturated carbocycles. The van der Waals surface area contributed by atoms with Crippen molar-refractivity contribution >= 4 is 11.9 Å². The fourth-order valence-electron chi connectivity index (χ4n) is 3.49. The van der Waals surface area contributed by atoms with Gasteiger partial charge in [-0.15, -0.1) is 0 Å². The molecule has 0 aliphatic carbocycles. The van der Waals surface area contributed by atoms with E-state index in [0.717, 1.165) is 12.5 Å². The predicted molar refractivity (Wildman–Crippen MR) is 93.2 cm³/mol. The van der Waals surface area contributed by atoms with Crippen LogP contribution in [0.25, 0.3) is 0 Å². The second-order valence-corrected chi connectivity index (χ2v) is 7.11. The van der Waals surface area contributed by atoms with Crippen molar-refractivity contribution in [3.05, 3.63) is 24.0 Å². The molecule has 0 radical (unpaired) electrons. The maximum absolute atomic E-state index is 12.6. The number of guanidine groups is 1. The minimum Gasteiger partial charge on any atom is -0.357 e. The minimum atomic E-state index is -0.214. The van der Waals surface area contributed by atoms with E-state index in [2.05, 4.69) is 50.3 Å². The third kappa shape index (κ3) is 3.86. The smallest absolute Gasteiger partial charge is 0.242 e. The van der Waals surface area contributed by atoms with E-state index in [0.29, 0.717) is 13.1 Å². The number of nitrogens with one attached hydrogen (secondary N) is 1. The number of aliphatic imine (C=N–C) groups is 1. The van der Waals surface area contributed by atoms with E-state index < -0.39 is 0 Å². The van der Waals surface area contributed by atoms with Gasteiger partial charge in [-0.1, -0.05) is 0 Å². The molecule has 1 aliphatic heterocycles. The van der Waals surface area contributed by atoms with Crippen molar-refractivity contribution in [1.82, 2.24) is 19.7 Å². The largest absolute Gasteiger partial charge is 0.357 e. The Kier molecular flexibility index (Phi) is 5.02. The molecule has 1 saturated heterocycles. The minimum absolute atomic E-state index is 0.152. The summed E-state index contributed by atoms with van der Waals surface area (Å²) in [4.78, 5) is 20.9. The van der Waals surface area contributed by atoms with Gasteiger partial charge in [-0.25, -0.2) is 0 Å². The third-order valence-corrected chi connectivity index (χ3v) is 4.20. The van der Waals surface area contributed by atoms with Crippen molar-refractivity contribution in [2.45, 2.75) is 45.8 Å². The molecule has 6 heteroatoms. The van der Waals surface area contributed by atoms with E-state index in [1.165, 1.54) is 5.56 Å². The number of piperazine rings is 1. The predicted octanol–water partition coefficient (Wildman–Crippen LogP) is 1.43. The number of amides is 1. The van der Waals surface area contributed by atoms with Gasteiger partial charge in [-0.3, -0.25) is 9.79 Å².